The molecule has 1 aromatic heterocycles. The average molecular weight is 622 g/mol. The van der Waals surface area contributed by atoms with Gasteiger partial charge in [-0.2, -0.15) is 0 Å². The van der Waals surface area contributed by atoms with Crippen molar-refractivity contribution in [1.29, 1.82) is 0 Å². The van der Waals surface area contributed by atoms with E-state index in [9.17, 15) is 60.3 Å². The fourth-order valence-electron chi connectivity index (χ4n) is 4.76. The summed E-state index contributed by atoms with van der Waals surface area (Å²) in [6, 6.07) is 8.59. The Hall–Kier alpha value is -4.33. The largest absolute Gasteiger partial charge is 0.504 e. The first-order valence-corrected chi connectivity index (χ1v) is 12.9. The van der Waals surface area contributed by atoms with Gasteiger partial charge < -0.3 is 69.3 Å². The fraction of sp³-hybridized carbons (Fsp3) is 0.370. The standard InChI is InChI=1S/C27H26O17/c28-11-4-1-8(5-13(11)30)14-7-12(29)10-3-2-9(6-15(10)41-14)40-27-23(19(34)18(33)22(43-27)25(38)39)44-26-20(35)16(31)17(32)21(42-26)24(36)37/h1-7,16-23,26-28,30-35H,(H,36,37)(H,38,39)/t16-,17-,18-,19-,20+,21-,22-,23+,26-,27+/m0/s1. The first-order valence-electron chi connectivity index (χ1n) is 12.9. The molecule has 0 unspecified atom stereocenters. The minimum atomic E-state index is -2.12. The van der Waals surface area contributed by atoms with Crippen LogP contribution in [0.4, 0.5) is 0 Å². The second-order valence-corrected chi connectivity index (χ2v) is 10.0. The number of rotatable bonds is 7. The minimum Gasteiger partial charge on any atom is -0.504 e. The summed E-state index contributed by atoms with van der Waals surface area (Å²) in [5, 5.41) is 89.8. The number of benzene rings is 2. The van der Waals surface area contributed by atoms with Crippen LogP contribution < -0.4 is 10.2 Å². The van der Waals surface area contributed by atoms with Gasteiger partial charge in [-0.1, -0.05) is 0 Å². The van der Waals surface area contributed by atoms with Crippen LogP contribution in [0.5, 0.6) is 17.2 Å². The molecular formula is C27H26O17. The summed E-state index contributed by atoms with van der Waals surface area (Å²) in [6.45, 7) is 0. The van der Waals surface area contributed by atoms with E-state index in [2.05, 4.69) is 0 Å². The summed E-state index contributed by atoms with van der Waals surface area (Å²) in [5.74, 6) is -4.46. The van der Waals surface area contributed by atoms with Crippen LogP contribution in [0.25, 0.3) is 22.3 Å². The van der Waals surface area contributed by atoms with E-state index in [-0.39, 0.29) is 28.0 Å². The molecule has 236 valence electrons. The van der Waals surface area contributed by atoms with E-state index in [1.165, 1.54) is 30.3 Å². The third kappa shape index (κ3) is 5.77. The Balaban J connectivity index is 1.47. The number of phenols is 2. The van der Waals surface area contributed by atoms with E-state index in [4.69, 9.17) is 23.4 Å². The number of aliphatic carboxylic acids is 2. The number of hydrogen-bond donors (Lipinski definition) is 9. The molecule has 0 radical (unpaired) electrons. The Morgan fingerprint density at radius 1 is 0.705 bits per heavy atom. The molecule has 5 rings (SSSR count). The molecule has 17 nitrogen and oxygen atoms in total. The van der Waals surface area contributed by atoms with Crippen molar-refractivity contribution in [3.05, 3.63) is 52.7 Å². The average Bonchev–Trinajstić information content (AvgIpc) is 2.97. The molecule has 3 heterocycles. The van der Waals surface area contributed by atoms with Crippen LogP contribution in [0.15, 0.2) is 51.7 Å². The van der Waals surface area contributed by atoms with Crippen molar-refractivity contribution in [3.63, 3.8) is 0 Å². The number of carboxylic acid groups (broad SMARTS) is 2. The van der Waals surface area contributed by atoms with Crippen molar-refractivity contribution < 1.29 is 78.9 Å². The Morgan fingerprint density at radius 2 is 1.34 bits per heavy atom. The molecule has 2 aliphatic heterocycles. The lowest BCUT2D eigenvalue weighted by molar-refractivity contribution is -0.350. The Bertz CT molecular complexity index is 1620. The van der Waals surface area contributed by atoms with E-state index in [1.807, 2.05) is 0 Å². The maximum atomic E-state index is 12.8. The molecule has 2 aromatic carbocycles. The van der Waals surface area contributed by atoms with Gasteiger partial charge in [0.15, 0.2) is 41.5 Å². The summed E-state index contributed by atoms with van der Waals surface area (Å²) < 4.78 is 27.4. The number of carboxylic acids is 2. The zero-order valence-electron chi connectivity index (χ0n) is 22.1. The first-order chi connectivity index (χ1) is 20.8. The van der Waals surface area contributed by atoms with E-state index in [1.54, 1.807) is 0 Å². The van der Waals surface area contributed by atoms with Crippen molar-refractivity contribution >= 4 is 22.9 Å². The van der Waals surface area contributed by atoms with Crippen LogP contribution >= 0.6 is 0 Å². The summed E-state index contributed by atoms with van der Waals surface area (Å²) in [6.07, 6.45) is -20.4. The molecule has 0 amide bonds. The molecule has 0 bridgehead atoms. The van der Waals surface area contributed by atoms with Crippen LogP contribution in [0.3, 0.4) is 0 Å². The highest BCUT2D eigenvalue weighted by atomic mass is 16.8. The highest BCUT2D eigenvalue weighted by Crippen LogP contribution is 2.34. The maximum Gasteiger partial charge on any atom is 0.335 e. The van der Waals surface area contributed by atoms with E-state index in [0.717, 1.165) is 12.1 Å². The van der Waals surface area contributed by atoms with Gasteiger partial charge in [0.2, 0.25) is 6.29 Å². The summed E-state index contributed by atoms with van der Waals surface area (Å²) in [7, 11) is 0. The number of aliphatic hydroxyl groups excluding tert-OH is 5. The molecule has 2 saturated heterocycles. The molecule has 0 aliphatic carbocycles. The summed E-state index contributed by atoms with van der Waals surface area (Å²) in [5.41, 5.74) is -0.333. The van der Waals surface area contributed by atoms with Crippen molar-refractivity contribution in [2.24, 2.45) is 0 Å². The molecule has 44 heavy (non-hydrogen) atoms. The van der Waals surface area contributed by atoms with Crippen LogP contribution in [0.1, 0.15) is 0 Å². The quantitative estimate of drug-likeness (QED) is 0.130. The number of ether oxygens (including phenoxy) is 4. The van der Waals surface area contributed by atoms with E-state index in [0.29, 0.717) is 0 Å². The summed E-state index contributed by atoms with van der Waals surface area (Å²) >= 11 is 0. The van der Waals surface area contributed by atoms with Crippen LogP contribution in [0, 0.1) is 0 Å². The van der Waals surface area contributed by atoms with Crippen molar-refractivity contribution in [1.82, 2.24) is 0 Å². The van der Waals surface area contributed by atoms with Gasteiger partial charge in [0.25, 0.3) is 0 Å². The number of phenolic OH excluding ortho intramolecular Hbond substituents is 2. The molecule has 9 N–H and O–H groups in total. The highest BCUT2D eigenvalue weighted by Gasteiger charge is 2.54. The number of aliphatic hydroxyl groups is 5. The van der Waals surface area contributed by atoms with Gasteiger partial charge in [-0.25, -0.2) is 9.59 Å². The Kier molecular flexibility index (Phi) is 8.47. The van der Waals surface area contributed by atoms with Gasteiger partial charge in [0, 0.05) is 17.7 Å². The molecule has 3 aromatic rings. The van der Waals surface area contributed by atoms with Gasteiger partial charge in [0.1, 0.15) is 47.6 Å². The first kappa shape index (κ1) is 31.1. The molecule has 10 atom stereocenters. The molecule has 2 fully saturated rings. The lowest BCUT2D eigenvalue weighted by Crippen LogP contribution is -2.66. The number of carbonyl (C=O) groups is 2. The predicted molar refractivity (Wildman–Crippen MR) is 139 cm³/mol. The zero-order valence-corrected chi connectivity index (χ0v) is 22.1. The second kappa shape index (κ2) is 12.0. The SMILES string of the molecule is O=C(O)[C@H]1O[C@@H](O[C@H]2[C@H](Oc3ccc4c(=O)cc(-c5ccc(O)c(O)c5)oc4c3)O[C@H](C(=O)O)[C@@H](O)[C@@H]2O)[C@H](O)[C@@H](O)[C@@H]1O. The van der Waals surface area contributed by atoms with Gasteiger partial charge in [0.05, 0.1) is 5.39 Å². The second-order valence-electron chi connectivity index (χ2n) is 10.0. The van der Waals surface area contributed by atoms with Crippen LogP contribution in [0.2, 0.25) is 0 Å². The minimum absolute atomic E-state index is 0.00766. The molecule has 2 aliphatic rings. The molecule has 17 heteroatoms. The number of hydrogen-bond acceptors (Lipinski definition) is 15. The van der Waals surface area contributed by atoms with E-state index < -0.39 is 90.3 Å². The third-order valence-electron chi connectivity index (χ3n) is 7.11. The number of aromatic hydroxyl groups is 2. The van der Waals surface area contributed by atoms with Crippen LogP contribution in [-0.2, 0) is 23.8 Å². The predicted octanol–water partition coefficient (Wildman–Crippen LogP) is -1.94. The Labute approximate surface area is 244 Å². The maximum absolute atomic E-state index is 12.8. The smallest absolute Gasteiger partial charge is 0.335 e. The van der Waals surface area contributed by atoms with Crippen LogP contribution in [-0.4, -0.2) is 119 Å². The third-order valence-corrected chi connectivity index (χ3v) is 7.11. The van der Waals surface area contributed by atoms with Crippen molar-refractivity contribution in [3.8, 4) is 28.6 Å². The highest BCUT2D eigenvalue weighted by molar-refractivity contribution is 5.80. The van der Waals surface area contributed by atoms with E-state index >= 15 is 0 Å². The lowest BCUT2D eigenvalue weighted by atomic mass is 9.97. The molecule has 0 spiro atoms. The normalized spacial score (nSPS) is 32.3. The monoisotopic (exact) mass is 622 g/mol. The summed E-state index contributed by atoms with van der Waals surface area (Å²) in [4.78, 5) is 35.9. The molecule has 0 saturated carbocycles. The van der Waals surface area contributed by atoms with Gasteiger partial charge in [-0.15, -0.1) is 0 Å². The zero-order chi connectivity index (χ0) is 32.0. The Morgan fingerprint density at radius 3 is 1.98 bits per heavy atom. The number of fused-ring (bicyclic) bond motifs is 1. The lowest BCUT2D eigenvalue weighted by Gasteiger charge is -2.44. The topological polar surface area (TPSA) is 283 Å². The molecular weight excluding hydrogens is 596 g/mol. The van der Waals surface area contributed by atoms with Crippen molar-refractivity contribution in [2.45, 2.75) is 61.4 Å². The van der Waals surface area contributed by atoms with Gasteiger partial charge >= 0.3 is 11.9 Å². The fourth-order valence-corrected chi connectivity index (χ4v) is 4.76. The van der Waals surface area contributed by atoms with Gasteiger partial charge in [-0.05, 0) is 30.3 Å². The van der Waals surface area contributed by atoms with Gasteiger partial charge in [-0.3, -0.25) is 4.79 Å². The van der Waals surface area contributed by atoms with Crippen molar-refractivity contribution in [2.75, 3.05) is 0 Å².